The molecule has 0 unspecified atom stereocenters. The zero-order valence-electron chi connectivity index (χ0n) is 15.1. The summed E-state index contributed by atoms with van der Waals surface area (Å²) < 4.78 is 5.19. The van der Waals surface area contributed by atoms with E-state index in [-0.39, 0.29) is 11.6 Å². The summed E-state index contributed by atoms with van der Waals surface area (Å²) in [5, 5.41) is 6.90. The number of ether oxygens (including phenoxy) is 1. The Labute approximate surface area is 164 Å². The number of methoxy groups -OCH3 is 1. The van der Waals surface area contributed by atoms with Crippen molar-refractivity contribution in [2.75, 3.05) is 7.11 Å². The quantitative estimate of drug-likeness (QED) is 0.522. The number of H-pyrrole nitrogens is 1. The third-order valence-corrected chi connectivity index (χ3v) is 6.32. The molecule has 4 rings (SSSR count). The minimum absolute atomic E-state index is 0.0523. The normalized spacial score (nSPS) is 12.4. The van der Waals surface area contributed by atoms with Crippen molar-refractivity contribution in [1.82, 2.24) is 9.97 Å². The maximum absolute atomic E-state index is 12.7. The van der Waals surface area contributed by atoms with Gasteiger partial charge in [-0.25, -0.2) is 4.98 Å². The van der Waals surface area contributed by atoms with Gasteiger partial charge in [0.1, 0.15) is 23.2 Å². The Kier molecular flexibility index (Phi) is 5.07. The third-order valence-electron chi connectivity index (χ3n) is 4.55. The summed E-state index contributed by atoms with van der Waals surface area (Å²) >= 11 is 3.16. The van der Waals surface area contributed by atoms with E-state index in [2.05, 4.69) is 17.2 Å². The van der Waals surface area contributed by atoms with E-state index < -0.39 is 0 Å². The number of hydrogen-bond acceptors (Lipinski definition) is 5. The number of fused-ring (bicyclic) bond motifs is 1. The summed E-state index contributed by atoms with van der Waals surface area (Å²) in [6.07, 6.45) is 0. The Bertz CT molecular complexity index is 1100. The maximum Gasteiger partial charge on any atom is 0.260 e. The van der Waals surface area contributed by atoms with E-state index in [1.165, 1.54) is 16.9 Å². The van der Waals surface area contributed by atoms with Crippen LogP contribution in [0.3, 0.4) is 0 Å². The molecule has 0 bridgehead atoms. The van der Waals surface area contributed by atoms with Crippen molar-refractivity contribution in [3.8, 4) is 16.2 Å². The maximum atomic E-state index is 12.7. The fourth-order valence-electron chi connectivity index (χ4n) is 2.98. The molecule has 5 nitrogen and oxygen atoms in total. The number of aromatic nitrogens is 2. The molecular weight excluding hydrogens is 378 g/mol. The van der Waals surface area contributed by atoms with Crippen LogP contribution in [0.15, 0.2) is 52.0 Å². The first-order valence-corrected chi connectivity index (χ1v) is 10.4. The summed E-state index contributed by atoms with van der Waals surface area (Å²) in [5.41, 5.74) is 2.10. The van der Waals surface area contributed by atoms with Crippen LogP contribution in [-0.4, -0.2) is 17.1 Å². The number of aromatic amines is 1. The highest BCUT2D eigenvalue weighted by Crippen LogP contribution is 2.33. The van der Waals surface area contributed by atoms with Crippen LogP contribution in [0, 0.1) is 0 Å². The standard InChI is InChI=1S/C20H19N3O2S2/c1-12(21-10-13-5-7-14(25-2)8-6-13)18-22-19(24)17-15(11-27-20(17)23-18)16-4-3-9-26-16/h3-9,11-12,21H,10H2,1-2H3,(H,22,23,24)/p+1/t12-/m1/s1. The molecule has 27 heavy (non-hydrogen) atoms. The van der Waals surface area contributed by atoms with E-state index in [0.29, 0.717) is 11.2 Å². The predicted octanol–water partition coefficient (Wildman–Crippen LogP) is 3.55. The molecule has 0 saturated heterocycles. The summed E-state index contributed by atoms with van der Waals surface area (Å²) in [6.45, 7) is 2.86. The zero-order chi connectivity index (χ0) is 18.8. The molecule has 1 aromatic carbocycles. The minimum Gasteiger partial charge on any atom is -0.497 e. The third kappa shape index (κ3) is 3.66. The molecule has 0 fully saturated rings. The topological polar surface area (TPSA) is 71.6 Å². The predicted molar refractivity (Wildman–Crippen MR) is 111 cm³/mol. The largest absolute Gasteiger partial charge is 0.497 e. The molecule has 1 atom stereocenters. The van der Waals surface area contributed by atoms with E-state index in [1.807, 2.05) is 47.2 Å². The highest BCUT2D eigenvalue weighted by Gasteiger charge is 2.17. The number of nitrogens with zero attached hydrogens (tertiary/aromatic N) is 1. The number of quaternary nitrogens is 1. The van der Waals surface area contributed by atoms with Crippen LogP contribution in [0.5, 0.6) is 5.75 Å². The Hall–Kier alpha value is -2.48. The van der Waals surface area contributed by atoms with Gasteiger partial charge in [0.2, 0.25) is 0 Å². The smallest absolute Gasteiger partial charge is 0.260 e. The van der Waals surface area contributed by atoms with Gasteiger partial charge in [-0.1, -0.05) is 6.07 Å². The van der Waals surface area contributed by atoms with Gasteiger partial charge in [-0.3, -0.25) is 4.79 Å². The second kappa shape index (κ2) is 7.64. The Morgan fingerprint density at radius 3 is 2.74 bits per heavy atom. The molecule has 3 aromatic heterocycles. The van der Waals surface area contributed by atoms with Crippen LogP contribution in [0.25, 0.3) is 20.7 Å². The van der Waals surface area contributed by atoms with Crippen molar-refractivity contribution in [3.05, 3.63) is 68.9 Å². The van der Waals surface area contributed by atoms with Crippen molar-refractivity contribution in [2.24, 2.45) is 0 Å². The lowest BCUT2D eigenvalue weighted by atomic mass is 10.2. The second-order valence-corrected chi connectivity index (χ2v) is 8.14. The van der Waals surface area contributed by atoms with Crippen LogP contribution >= 0.6 is 22.7 Å². The van der Waals surface area contributed by atoms with Gasteiger partial charge >= 0.3 is 0 Å². The van der Waals surface area contributed by atoms with Gasteiger partial charge in [-0.2, -0.15) is 0 Å². The molecule has 4 aromatic rings. The molecule has 0 aliphatic heterocycles. The number of hydrogen-bond donors (Lipinski definition) is 2. The molecule has 0 amide bonds. The number of rotatable bonds is 6. The van der Waals surface area contributed by atoms with E-state index in [9.17, 15) is 4.79 Å². The zero-order valence-corrected chi connectivity index (χ0v) is 16.7. The van der Waals surface area contributed by atoms with Crippen LogP contribution in [-0.2, 0) is 6.54 Å². The molecule has 0 aliphatic carbocycles. The monoisotopic (exact) mass is 398 g/mol. The summed E-state index contributed by atoms with van der Waals surface area (Å²) in [4.78, 5) is 22.3. The number of nitrogens with one attached hydrogen (secondary N) is 1. The summed E-state index contributed by atoms with van der Waals surface area (Å²) in [7, 11) is 1.66. The van der Waals surface area contributed by atoms with Gasteiger partial charge in [0.25, 0.3) is 5.56 Å². The molecular formula is C20H20N3O2S2+. The molecule has 0 aliphatic rings. The average Bonchev–Trinajstić information content (AvgIpc) is 3.36. The Morgan fingerprint density at radius 2 is 2.04 bits per heavy atom. The molecule has 0 spiro atoms. The van der Waals surface area contributed by atoms with E-state index in [1.54, 1.807) is 18.4 Å². The van der Waals surface area contributed by atoms with E-state index in [4.69, 9.17) is 9.72 Å². The first kappa shape index (κ1) is 17.9. The average molecular weight is 399 g/mol. The van der Waals surface area contributed by atoms with Crippen molar-refractivity contribution in [1.29, 1.82) is 0 Å². The fraction of sp³-hybridized carbons (Fsp3) is 0.200. The molecule has 7 heteroatoms. The first-order valence-electron chi connectivity index (χ1n) is 8.67. The van der Waals surface area contributed by atoms with Crippen molar-refractivity contribution >= 4 is 32.9 Å². The van der Waals surface area contributed by atoms with E-state index in [0.717, 1.165) is 27.6 Å². The SMILES string of the molecule is COc1ccc(C[NH2+][C@H](C)c2nc3scc(-c4cccs4)c3c(=O)[nH]2)cc1. The van der Waals surface area contributed by atoms with E-state index >= 15 is 0 Å². The number of benzene rings is 1. The lowest BCUT2D eigenvalue weighted by Gasteiger charge is -2.10. The van der Waals surface area contributed by atoms with Gasteiger partial charge in [0.15, 0.2) is 5.82 Å². The van der Waals surface area contributed by atoms with Crippen molar-refractivity contribution in [2.45, 2.75) is 19.5 Å². The molecule has 0 saturated carbocycles. The van der Waals surface area contributed by atoms with Gasteiger partial charge in [-0.05, 0) is 42.6 Å². The first-order chi connectivity index (χ1) is 13.2. The molecule has 3 N–H and O–H groups in total. The lowest BCUT2D eigenvalue weighted by molar-refractivity contribution is -0.709. The molecule has 0 radical (unpaired) electrons. The minimum atomic E-state index is -0.0654. The lowest BCUT2D eigenvalue weighted by Crippen LogP contribution is -2.83. The van der Waals surface area contributed by atoms with Crippen LogP contribution < -0.4 is 15.6 Å². The van der Waals surface area contributed by atoms with Gasteiger partial charge < -0.3 is 15.0 Å². The molecule has 138 valence electrons. The second-order valence-electron chi connectivity index (χ2n) is 6.33. The van der Waals surface area contributed by atoms with Gasteiger partial charge in [-0.15, -0.1) is 22.7 Å². The van der Waals surface area contributed by atoms with Gasteiger partial charge in [0.05, 0.1) is 12.5 Å². The van der Waals surface area contributed by atoms with Crippen molar-refractivity contribution < 1.29 is 10.1 Å². The highest BCUT2D eigenvalue weighted by atomic mass is 32.1. The van der Waals surface area contributed by atoms with Gasteiger partial charge in [0, 0.05) is 21.4 Å². The Balaban J connectivity index is 1.55. The van der Waals surface area contributed by atoms with Crippen LogP contribution in [0.2, 0.25) is 0 Å². The molecule has 3 heterocycles. The summed E-state index contributed by atoms with van der Waals surface area (Å²) in [5.74, 6) is 1.56. The number of nitrogens with two attached hydrogens (primary N) is 1. The summed E-state index contributed by atoms with van der Waals surface area (Å²) in [6, 6.07) is 12.1. The Morgan fingerprint density at radius 1 is 1.22 bits per heavy atom. The fourth-order valence-corrected chi connectivity index (χ4v) is 4.75. The van der Waals surface area contributed by atoms with Crippen LogP contribution in [0.1, 0.15) is 24.4 Å². The van der Waals surface area contributed by atoms with Crippen LogP contribution in [0.4, 0.5) is 0 Å². The number of thiophene rings is 2. The highest BCUT2D eigenvalue weighted by molar-refractivity contribution is 7.18. The van der Waals surface area contributed by atoms with Crippen molar-refractivity contribution in [3.63, 3.8) is 0 Å².